The van der Waals surface area contributed by atoms with Crippen LogP contribution >= 0.6 is 11.6 Å². The Bertz CT molecular complexity index is 823. The molecule has 5 nitrogen and oxygen atoms in total. The fourth-order valence-corrected chi connectivity index (χ4v) is 3.29. The van der Waals surface area contributed by atoms with Crippen molar-refractivity contribution in [2.24, 2.45) is 0 Å². The monoisotopic (exact) mass is 381 g/mol. The van der Waals surface area contributed by atoms with Crippen LogP contribution in [0, 0.1) is 0 Å². The summed E-state index contributed by atoms with van der Waals surface area (Å²) in [5, 5.41) is 0.185. The molecule has 0 bridgehead atoms. The maximum atomic E-state index is 12.4. The largest absolute Gasteiger partial charge is 0.573 e. The highest BCUT2D eigenvalue weighted by Crippen LogP contribution is 2.29. The number of ether oxygens (including phenoxy) is 2. The number of anilines is 1. The van der Waals surface area contributed by atoms with Crippen LogP contribution < -0.4 is 14.2 Å². The number of halogens is 4. The normalized spacial score (nSPS) is 11.9. The van der Waals surface area contributed by atoms with Gasteiger partial charge < -0.3 is 9.47 Å². The number of hydrogen-bond donors (Lipinski definition) is 1. The van der Waals surface area contributed by atoms with Crippen LogP contribution in [0.3, 0.4) is 0 Å². The first kappa shape index (κ1) is 18.2. The summed E-state index contributed by atoms with van der Waals surface area (Å²) in [4.78, 5) is -0.201. The Kier molecular flexibility index (Phi) is 5.14. The summed E-state index contributed by atoms with van der Waals surface area (Å²) in [6, 6.07) is 8.29. The van der Waals surface area contributed by atoms with Crippen LogP contribution in [0.25, 0.3) is 0 Å². The quantitative estimate of drug-likeness (QED) is 0.848. The van der Waals surface area contributed by atoms with Crippen molar-refractivity contribution in [2.45, 2.75) is 11.3 Å². The maximum absolute atomic E-state index is 12.4. The van der Waals surface area contributed by atoms with Gasteiger partial charge in [0, 0.05) is 10.7 Å². The molecule has 0 saturated heterocycles. The van der Waals surface area contributed by atoms with Crippen molar-refractivity contribution in [3.05, 3.63) is 47.5 Å². The van der Waals surface area contributed by atoms with Gasteiger partial charge in [-0.3, -0.25) is 4.72 Å². The molecule has 1 N–H and O–H groups in total. The number of nitrogens with one attached hydrogen (secondary N) is 1. The lowest BCUT2D eigenvalue weighted by Gasteiger charge is -2.13. The van der Waals surface area contributed by atoms with Crippen LogP contribution in [-0.2, 0) is 10.0 Å². The highest BCUT2D eigenvalue weighted by molar-refractivity contribution is 7.92. The molecule has 0 spiro atoms. The molecule has 10 heteroatoms. The summed E-state index contributed by atoms with van der Waals surface area (Å²) in [7, 11) is -2.75. The lowest BCUT2D eigenvalue weighted by atomic mass is 10.3. The number of benzene rings is 2. The van der Waals surface area contributed by atoms with Crippen molar-refractivity contribution < 1.29 is 31.1 Å². The van der Waals surface area contributed by atoms with Gasteiger partial charge in [-0.1, -0.05) is 11.6 Å². The Hall–Kier alpha value is -2.13. The number of alkyl halides is 3. The second-order valence-electron chi connectivity index (χ2n) is 4.47. The molecule has 2 aromatic carbocycles. The molecule has 0 fully saturated rings. The van der Waals surface area contributed by atoms with Gasteiger partial charge in [-0.15, -0.1) is 13.2 Å². The summed E-state index contributed by atoms with van der Waals surface area (Å²) in [6.45, 7) is 0. The van der Waals surface area contributed by atoms with Crippen molar-refractivity contribution in [1.29, 1.82) is 0 Å². The number of hydrogen-bond acceptors (Lipinski definition) is 4. The molecule has 0 atom stereocenters. The summed E-state index contributed by atoms with van der Waals surface area (Å²) in [5.74, 6) is -0.394. The van der Waals surface area contributed by atoms with E-state index in [0.29, 0.717) is 0 Å². The minimum Gasteiger partial charge on any atom is -0.495 e. The molecule has 24 heavy (non-hydrogen) atoms. The van der Waals surface area contributed by atoms with Crippen LogP contribution in [-0.4, -0.2) is 21.9 Å². The molecular formula is C14H11ClF3NO4S. The van der Waals surface area contributed by atoms with E-state index < -0.39 is 22.1 Å². The third kappa shape index (κ3) is 4.68. The minimum atomic E-state index is -4.82. The number of sulfonamides is 1. The van der Waals surface area contributed by atoms with E-state index in [0.717, 1.165) is 24.3 Å². The molecule has 0 aromatic heterocycles. The van der Waals surface area contributed by atoms with Crippen molar-refractivity contribution >= 4 is 27.3 Å². The highest BCUT2D eigenvalue weighted by atomic mass is 35.5. The van der Waals surface area contributed by atoms with Gasteiger partial charge in [-0.2, -0.15) is 0 Å². The average molecular weight is 382 g/mol. The fraction of sp³-hybridized carbons (Fsp3) is 0.143. The first-order chi connectivity index (χ1) is 11.1. The summed E-state index contributed by atoms with van der Waals surface area (Å²) >= 11 is 5.79. The maximum Gasteiger partial charge on any atom is 0.573 e. The zero-order chi connectivity index (χ0) is 18.0. The van der Waals surface area contributed by atoms with Gasteiger partial charge in [-0.05, 0) is 42.5 Å². The highest BCUT2D eigenvalue weighted by Gasteiger charge is 2.31. The van der Waals surface area contributed by atoms with E-state index in [1.807, 2.05) is 0 Å². The molecule has 2 aromatic rings. The smallest absolute Gasteiger partial charge is 0.495 e. The minimum absolute atomic E-state index is 0.0477. The van der Waals surface area contributed by atoms with Crippen molar-refractivity contribution in [3.63, 3.8) is 0 Å². The van der Waals surface area contributed by atoms with Crippen LogP contribution in [0.4, 0.5) is 18.9 Å². The van der Waals surface area contributed by atoms with Crippen LogP contribution in [0.2, 0.25) is 5.02 Å². The molecule has 2 rings (SSSR count). The van der Waals surface area contributed by atoms with Crippen molar-refractivity contribution in [1.82, 2.24) is 0 Å². The summed E-state index contributed by atoms with van der Waals surface area (Å²) in [5.41, 5.74) is 0.0477. The van der Waals surface area contributed by atoms with Gasteiger partial charge in [-0.25, -0.2) is 8.42 Å². The summed E-state index contributed by atoms with van der Waals surface area (Å²) < 4.78 is 72.0. The molecule has 0 amide bonds. The predicted molar refractivity (Wildman–Crippen MR) is 81.9 cm³/mol. The third-order valence-electron chi connectivity index (χ3n) is 2.76. The van der Waals surface area contributed by atoms with Crippen molar-refractivity contribution in [2.75, 3.05) is 11.8 Å². The fourth-order valence-electron chi connectivity index (χ4n) is 1.80. The lowest BCUT2D eigenvalue weighted by Crippen LogP contribution is -2.17. The molecule has 0 unspecified atom stereocenters. The second-order valence-corrected chi connectivity index (χ2v) is 6.56. The van der Waals surface area contributed by atoms with E-state index in [1.54, 1.807) is 0 Å². The van der Waals surface area contributed by atoms with Gasteiger partial charge in [0.1, 0.15) is 16.4 Å². The lowest BCUT2D eigenvalue weighted by molar-refractivity contribution is -0.274. The van der Waals surface area contributed by atoms with Gasteiger partial charge in [0.15, 0.2) is 0 Å². The van der Waals surface area contributed by atoms with E-state index >= 15 is 0 Å². The van der Waals surface area contributed by atoms with Crippen LogP contribution in [0.5, 0.6) is 11.5 Å². The molecule has 0 aliphatic heterocycles. The van der Waals surface area contributed by atoms with E-state index in [9.17, 15) is 21.6 Å². The molecule has 0 heterocycles. The van der Waals surface area contributed by atoms with Gasteiger partial charge in [0.25, 0.3) is 10.0 Å². The van der Waals surface area contributed by atoms with E-state index in [-0.39, 0.29) is 21.4 Å². The topological polar surface area (TPSA) is 64.6 Å². The Labute approximate surface area is 141 Å². The molecule has 0 saturated carbocycles. The third-order valence-corrected chi connectivity index (χ3v) is 4.39. The SMILES string of the molecule is COc1ccc(Cl)cc1S(=O)(=O)Nc1ccc(OC(F)(F)F)cc1. The summed E-state index contributed by atoms with van der Waals surface area (Å²) in [6.07, 6.45) is -4.82. The molecule has 0 aliphatic carbocycles. The van der Waals surface area contributed by atoms with E-state index in [2.05, 4.69) is 9.46 Å². The first-order valence-corrected chi connectivity index (χ1v) is 8.19. The molecule has 130 valence electrons. The average Bonchev–Trinajstić information content (AvgIpc) is 2.47. The zero-order valence-corrected chi connectivity index (χ0v) is 13.7. The van der Waals surface area contributed by atoms with Crippen LogP contribution in [0.15, 0.2) is 47.4 Å². The van der Waals surface area contributed by atoms with E-state index in [4.69, 9.17) is 16.3 Å². The Morgan fingerprint density at radius 1 is 1.08 bits per heavy atom. The number of methoxy groups -OCH3 is 1. The van der Waals surface area contributed by atoms with Crippen LogP contribution in [0.1, 0.15) is 0 Å². The zero-order valence-electron chi connectivity index (χ0n) is 12.1. The van der Waals surface area contributed by atoms with Gasteiger partial charge >= 0.3 is 6.36 Å². The standard InChI is InChI=1S/C14H11ClF3NO4S/c1-22-12-7-2-9(15)8-13(12)24(20,21)19-10-3-5-11(6-4-10)23-14(16,17)18/h2-8,19H,1H3. The Morgan fingerprint density at radius 3 is 2.25 bits per heavy atom. The molecular weight excluding hydrogens is 371 g/mol. The van der Waals surface area contributed by atoms with E-state index in [1.165, 1.54) is 25.3 Å². The van der Waals surface area contributed by atoms with Gasteiger partial charge in [0.05, 0.1) is 7.11 Å². The Balaban J connectivity index is 2.25. The van der Waals surface area contributed by atoms with Crippen molar-refractivity contribution in [3.8, 4) is 11.5 Å². The van der Waals surface area contributed by atoms with Gasteiger partial charge in [0.2, 0.25) is 0 Å². The second kappa shape index (κ2) is 6.78. The Morgan fingerprint density at radius 2 is 1.71 bits per heavy atom. The molecule has 0 aliphatic rings. The number of rotatable bonds is 5. The first-order valence-electron chi connectivity index (χ1n) is 6.33. The molecule has 0 radical (unpaired) electrons. The predicted octanol–water partition coefficient (Wildman–Crippen LogP) is 4.05.